The fraction of sp³-hybridized carbons (Fsp3) is 0.417. The van der Waals surface area contributed by atoms with Crippen LogP contribution in [-0.2, 0) is 9.53 Å². The third-order valence-electron chi connectivity index (χ3n) is 2.59. The van der Waals surface area contributed by atoms with Crippen LogP contribution >= 0.6 is 0 Å². The average Bonchev–Trinajstić information content (AvgIpc) is 2.29. The number of carbonyl (C=O) groups excluding carboxylic acids is 1. The van der Waals surface area contributed by atoms with Crippen LogP contribution in [0.3, 0.4) is 0 Å². The first-order valence-corrected chi connectivity index (χ1v) is 5.33. The van der Waals surface area contributed by atoms with Crippen molar-refractivity contribution in [3.05, 3.63) is 29.8 Å². The van der Waals surface area contributed by atoms with Gasteiger partial charge in [-0.2, -0.15) is 0 Å². The molecule has 0 spiro atoms. The minimum Gasteiger partial charge on any atom is -0.457 e. The zero-order valence-electron chi connectivity index (χ0n) is 8.82. The van der Waals surface area contributed by atoms with Gasteiger partial charge < -0.3 is 10.1 Å². The van der Waals surface area contributed by atoms with Crippen molar-refractivity contribution in [3.63, 3.8) is 0 Å². The van der Waals surface area contributed by atoms with Gasteiger partial charge in [0.2, 0.25) is 0 Å². The van der Waals surface area contributed by atoms with E-state index in [1.807, 2.05) is 31.2 Å². The van der Waals surface area contributed by atoms with Gasteiger partial charge in [0.15, 0.2) is 0 Å². The summed E-state index contributed by atoms with van der Waals surface area (Å²) in [7, 11) is 0. The minimum absolute atomic E-state index is 0.0742. The van der Waals surface area contributed by atoms with Crippen LogP contribution in [0.4, 0.5) is 5.69 Å². The van der Waals surface area contributed by atoms with E-state index in [9.17, 15) is 4.79 Å². The zero-order chi connectivity index (χ0) is 10.7. The fourth-order valence-corrected chi connectivity index (χ4v) is 1.80. The molecular formula is C12H15NO2. The molecule has 0 amide bonds. The van der Waals surface area contributed by atoms with E-state index >= 15 is 0 Å². The monoisotopic (exact) mass is 205 g/mol. The summed E-state index contributed by atoms with van der Waals surface area (Å²) in [6.45, 7) is 2.67. The number of nitrogens with one attached hydrogen (secondary N) is 1. The van der Waals surface area contributed by atoms with Crippen molar-refractivity contribution < 1.29 is 9.53 Å². The summed E-state index contributed by atoms with van der Waals surface area (Å²) in [6, 6.07) is 7.98. The maximum atomic E-state index is 11.2. The van der Waals surface area contributed by atoms with Gasteiger partial charge in [-0.15, -0.1) is 0 Å². The quantitative estimate of drug-likeness (QED) is 0.754. The van der Waals surface area contributed by atoms with Gasteiger partial charge in [-0.05, 0) is 6.07 Å². The summed E-state index contributed by atoms with van der Waals surface area (Å²) in [6.07, 6.45) is 1.21. The van der Waals surface area contributed by atoms with Gasteiger partial charge in [-0.25, -0.2) is 0 Å². The average molecular weight is 205 g/mol. The van der Waals surface area contributed by atoms with Crippen LogP contribution in [0, 0.1) is 0 Å². The fourth-order valence-electron chi connectivity index (χ4n) is 1.80. The molecule has 1 atom stereocenters. The number of benzene rings is 1. The lowest BCUT2D eigenvalue weighted by Crippen LogP contribution is -2.20. The molecule has 0 fully saturated rings. The summed E-state index contributed by atoms with van der Waals surface area (Å²) >= 11 is 0. The third kappa shape index (κ3) is 2.12. The Labute approximate surface area is 89.4 Å². The van der Waals surface area contributed by atoms with Crippen LogP contribution in [0.15, 0.2) is 24.3 Å². The SMILES string of the molecule is CCC(=O)OC1CCNc2ccccc21. The number of carbonyl (C=O) groups is 1. The van der Waals surface area contributed by atoms with E-state index < -0.39 is 0 Å². The molecular weight excluding hydrogens is 190 g/mol. The van der Waals surface area contributed by atoms with E-state index in [1.165, 1.54) is 0 Å². The number of anilines is 1. The highest BCUT2D eigenvalue weighted by Crippen LogP contribution is 2.32. The van der Waals surface area contributed by atoms with Crippen molar-refractivity contribution in [1.82, 2.24) is 0 Å². The lowest BCUT2D eigenvalue weighted by atomic mass is 10.0. The van der Waals surface area contributed by atoms with E-state index in [2.05, 4.69) is 5.32 Å². The molecule has 0 saturated carbocycles. The highest BCUT2D eigenvalue weighted by molar-refractivity contribution is 5.69. The number of hydrogen-bond acceptors (Lipinski definition) is 3. The first-order valence-electron chi connectivity index (χ1n) is 5.33. The van der Waals surface area contributed by atoms with Crippen LogP contribution in [0.2, 0.25) is 0 Å². The number of hydrogen-bond donors (Lipinski definition) is 1. The van der Waals surface area contributed by atoms with Crippen molar-refractivity contribution in [3.8, 4) is 0 Å². The standard InChI is InChI=1S/C12H15NO2/c1-2-12(14)15-11-7-8-13-10-6-4-3-5-9(10)11/h3-6,11,13H,2,7-8H2,1H3. The Morgan fingerprint density at radius 2 is 2.33 bits per heavy atom. The van der Waals surface area contributed by atoms with E-state index in [0.29, 0.717) is 6.42 Å². The molecule has 0 saturated heterocycles. The second-order valence-corrected chi connectivity index (χ2v) is 3.63. The highest BCUT2D eigenvalue weighted by Gasteiger charge is 2.22. The van der Waals surface area contributed by atoms with Crippen molar-refractivity contribution in [1.29, 1.82) is 0 Å². The Bertz CT molecular complexity index is 362. The predicted octanol–water partition coefficient (Wildman–Crippen LogP) is 2.50. The molecule has 1 unspecified atom stereocenters. The Hall–Kier alpha value is -1.51. The highest BCUT2D eigenvalue weighted by atomic mass is 16.5. The van der Waals surface area contributed by atoms with Crippen molar-refractivity contribution in [2.75, 3.05) is 11.9 Å². The Kier molecular flexibility index (Phi) is 2.90. The maximum absolute atomic E-state index is 11.2. The minimum atomic E-state index is -0.128. The molecule has 0 aromatic heterocycles. The van der Waals surface area contributed by atoms with Gasteiger partial charge in [-0.3, -0.25) is 4.79 Å². The van der Waals surface area contributed by atoms with Gasteiger partial charge >= 0.3 is 5.97 Å². The van der Waals surface area contributed by atoms with E-state index in [0.717, 1.165) is 24.2 Å². The summed E-state index contributed by atoms with van der Waals surface area (Å²) in [5.74, 6) is -0.128. The van der Waals surface area contributed by atoms with Gasteiger partial charge in [0.1, 0.15) is 6.10 Å². The number of esters is 1. The van der Waals surface area contributed by atoms with Crippen LogP contribution < -0.4 is 5.32 Å². The van der Waals surface area contributed by atoms with Crippen molar-refractivity contribution in [2.45, 2.75) is 25.9 Å². The molecule has 2 rings (SSSR count). The number of rotatable bonds is 2. The number of ether oxygens (including phenoxy) is 1. The molecule has 3 heteroatoms. The van der Waals surface area contributed by atoms with E-state index in [4.69, 9.17) is 4.74 Å². The Balaban J connectivity index is 2.18. The molecule has 3 nitrogen and oxygen atoms in total. The molecule has 1 aliphatic rings. The lowest BCUT2D eigenvalue weighted by molar-refractivity contribution is -0.149. The predicted molar refractivity (Wildman–Crippen MR) is 58.7 cm³/mol. The zero-order valence-corrected chi connectivity index (χ0v) is 8.82. The molecule has 1 heterocycles. The van der Waals surface area contributed by atoms with E-state index in [1.54, 1.807) is 0 Å². The molecule has 0 radical (unpaired) electrons. The maximum Gasteiger partial charge on any atom is 0.306 e. The summed E-state index contributed by atoms with van der Waals surface area (Å²) in [5.41, 5.74) is 2.17. The van der Waals surface area contributed by atoms with E-state index in [-0.39, 0.29) is 12.1 Å². The second-order valence-electron chi connectivity index (χ2n) is 3.63. The molecule has 1 aromatic carbocycles. The topological polar surface area (TPSA) is 38.3 Å². The number of fused-ring (bicyclic) bond motifs is 1. The summed E-state index contributed by atoms with van der Waals surface area (Å²) in [4.78, 5) is 11.2. The largest absolute Gasteiger partial charge is 0.457 e. The Morgan fingerprint density at radius 1 is 1.53 bits per heavy atom. The van der Waals surface area contributed by atoms with Crippen LogP contribution in [0.25, 0.3) is 0 Å². The summed E-state index contributed by atoms with van der Waals surface area (Å²) < 4.78 is 5.39. The molecule has 15 heavy (non-hydrogen) atoms. The molecule has 80 valence electrons. The molecule has 1 N–H and O–H groups in total. The molecule has 1 aromatic rings. The van der Waals surface area contributed by atoms with Crippen molar-refractivity contribution >= 4 is 11.7 Å². The van der Waals surface area contributed by atoms with Gasteiger partial charge in [0.25, 0.3) is 0 Å². The number of para-hydroxylation sites is 1. The Morgan fingerprint density at radius 3 is 3.13 bits per heavy atom. The first-order chi connectivity index (χ1) is 7.31. The summed E-state index contributed by atoms with van der Waals surface area (Å²) in [5, 5.41) is 3.29. The molecule has 1 aliphatic heterocycles. The van der Waals surface area contributed by atoms with Gasteiger partial charge in [0.05, 0.1) is 0 Å². The van der Waals surface area contributed by atoms with Gasteiger partial charge in [-0.1, -0.05) is 25.1 Å². The third-order valence-corrected chi connectivity index (χ3v) is 2.59. The van der Waals surface area contributed by atoms with Crippen LogP contribution in [-0.4, -0.2) is 12.5 Å². The van der Waals surface area contributed by atoms with Crippen LogP contribution in [0.1, 0.15) is 31.4 Å². The van der Waals surface area contributed by atoms with Gasteiger partial charge in [0, 0.05) is 30.6 Å². The second kappa shape index (κ2) is 4.34. The smallest absolute Gasteiger partial charge is 0.306 e. The van der Waals surface area contributed by atoms with Crippen LogP contribution in [0.5, 0.6) is 0 Å². The normalized spacial score (nSPS) is 18.9. The molecule has 0 aliphatic carbocycles. The molecule has 0 bridgehead atoms. The first kappa shape index (κ1) is 10.0. The lowest BCUT2D eigenvalue weighted by Gasteiger charge is -2.26. The van der Waals surface area contributed by atoms with Crippen molar-refractivity contribution in [2.24, 2.45) is 0 Å².